The van der Waals surface area contributed by atoms with E-state index >= 15 is 0 Å². The molecule has 0 saturated heterocycles. The van der Waals surface area contributed by atoms with Crippen LogP contribution in [0.1, 0.15) is 69.1 Å². The van der Waals surface area contributed by atoms with E-state index in [0.717, 1.165) is 12.8 Å². The van der Waals surface area contributed by atoms with Crippen molar-refractivity contribution in [2.75, 3.05) is 13.2 Å². The second-order valence-corrected chi connectivity index (χ2v) is 7.19. The van der Waals surface area contributed by atoms with Crippen LogP contribution in [0.4, 0.5) is 0 Å². The number of aliphatic hydroxyl groups is 1. The van der Waals surface area contributed by atoms with Gasteiger partial charge >= 0.3 is 0 Å². The highest BCUT2D eigenvalue weighted by molar-refractivity contribution is 7.44. The SMILES string of the molecule is [2H]OC[C@H](CCCCC)OP(OCC=C)N(C(C)C)C(C)C.[3H]C. The number of hydrogen-bond donors (Lipinski definition) is 1. The van der Waals surface area contributed by atoms with Gasteiger partial charge < -0.3 is 14.2 Å². The summed E-state index contributed by atoms with van der Waals surface area (Å²) in [6, 6.07) is 0.647. The number of rotatable bonds is 14. The van der Waals surface area contributed by atoms with Crippen molar-refractivity contribution in [2.45, 2.75) is 85.9 Å². The predicted octanol–water partition coefficient (Wildman–Crippen LogP) is 5.13. The lowest BCUT2D eigenvalue weighted by Gasteiger charge is -2.37. The minimum Gasteiger partial charge on any atom is -0.394 e. The van der Waals surface area contributed by atoms with Crippen LogP contribution in [0, 0.1) is 0 Å². The Labute approximate surface area is 142 Å². The topological polar surface area (TPSA) is 41.9 Å². The van der Waals surface area contributed by atoms with Gasteiger partial charge in [0.25, 0.3) is 8.53 Å². The second kappa shape index (κ2) is 14.6. The summed E-state index contributed by atoms with van der Waals surface area (Å²) < 4.78 is 27.1. The molecule has 0 rings (SSSR count). The summed E-state index contributed by atoms with van der Waals surface area (Å²) in [5.74, 6) is 0. The highest BCUT2D eigenvalue weighted by Gasteiger charge is 2.29. The molecule has 0 fully saturated rings. The standard InChI is InChI=1S/C16H34NO3P.CH4/c1-7-9-10-11-16(13-18)20-21(19-12-8-2)17(14(3)4)15(5)6;/h8,14-16,18H,2,7,9-13H2,1,3-6H3;1H4/t16-,21?;/m0./s1/i18D;1T. The maximum absolute atomic E-state index is 7.03. The first-order valence-electron chi connectivity index (χ1n) is 9.45. The molecule has 0 spiro atoms. The van der Waals surface area contributed by atoms with Gasteiger partial charge in [0.1, 0.15) is 0 Å². The van der Waals surface area contributed by atoms with E-state index in [1.807, 2.05) is 0 Å². The molecule has 2 atom stereocenters. The Bertz CT molecular complexity index is 277. The zero-order valence-corrected chi connectivity index (χ0v) is 16.3. The van der Waals surface area contributed by atoms with E-state index in [9.17, 15) is 0 Å². The molecule has 0 saturated carbocycles. The molecular formula is C17H38NO3P. The van der Waals surface area contributed by atoms with Crippen molar-refractivity contribution in [2.24, 2.45) is 0 Å². The fraction of sp³-hybridized carbons (Fsp3) is 0.882. The van der Waals surface area contributed by atoms with E-state index < -0.39 is 8.53 Å². The summed E-state index contributed by atoms with van der Waals surface area (Å²) in [5, 5.41) is 4.58. The van der Waals surface area contributed by atoms with Gasteiger partial charge in [0.05, 0.1) is 19.3 Å². The summed E-state index contributed by atoms with van der Waals surface area (Å²) in [6.07, 6.45) is 5.96. The first-order chi connectivity index (χ1) is 11.5. The lowest BCUT2D eigenvalue weighted by Crippen LogP contribution is -2.35. The molecule has 0 heterocycles. The molecule has 5 heteroatoms. The van der Waals surface area contributed by atoms with Crippen molar-refractivity contribution >= 4 is 8.53 Å². The van der Waals surface area contributed by atoms with Gasteiger partial charge in [-0.05, 0) is 34.1 Å². The molecule has 1 unspecified atom stereocenters. The van der Waals surface area contributed by atoms with Gasteiger partial charge in [-0.15, -0.1) is 6.58 Å². The van der Waals surface area contributed by atoms with Crippen LogP contribution in [0.5, 0.6) is 0 Å². The van der Waals surface area contributed by atoms with Crippen LogP contribution in [-0.4, -0.2) is 42.6 Å². The Hall–Kier alpha value is 0.01000. The van der Waals surface area contributed by atoms with Gasteiger partial charge in [-0.2, -0.15) is 0 Å². The maximum atomic E-state index is 7.03. The number of unbranched alkanes of at least 4 members (excludes halogenated alkanes) is 2. The normalized spacial score (nSPS) is 15.1. The van der Waals surface area contributed by atoms with E-state index in [2.05, 4.69) is 51.0 Å². The minimum atomic E-state index is -1.18. The predicted molar refractivity (Wildman–Crippen MR) is 98.0 cm³/mol. The van der Waals surface area contributed by atoms with Crippen molar-refractivity contribution in [1.29, 1.82) is 1.43 Å². The zero-order chi connectivity index (χ0) is 19.0. The Morgan fingerprint density at radius 1 is 1.36 bits per heavy atom. The van der Waals surface area contributed by atoms with Gasteiger partial charge in [0.15, 0.2) is 0 Å². The van der Waals surface area contributed by atoms with Gasteiger partial charge in [0.2, 0.25) is 1.43 Å². The first kappa shape index (κ1) is 20.1. The molecule has 0 aromatic heterocycles. The molecule has 0 radical (unpaired) electrons. The van der Waals surface area contributed by atoms with Crippen molar-refractivity contribution in [3.8, 4) is 0 Å². The van der Waals surface area contributed by atoms with E-state index in [0.29, 0.717) is 18.7 Å². The van der Waals surface area contributed by atoms with Gasteiger partial charge in [-0.1, -0.05) is 39.7 Å². The number of aliphatic hydroxyl groups excluding tert-OH is 1. The third-order valence-electron chi connectivity index (χ3n) is 3.10. The second-order valence-electron chi connectivity index (χ2n) is 5.78. The van der Waals surface area contributed by atoms with E-state index in [1.54, 1.807) is 6.08 Å². The summed E-state index contributed by atoms with van der Waals surface area (Å²) >= 11 is 0. The van der Waals surface area contributed by atoms with Crippen LogP contribution in [0.15, 0.2) is 12.7 Å². The van der Waals surface area contributed by atoms with Crippen molar-refractivity contribution in [3.05, 3.63) is 12.7 Å². The Balaban J connectivity index is 0. The quantitative estimate of drug-likeness (QED) is 0.271. The largest absolute Gasteiger partial charge is 0.394 e. The van der Waals surface area contributed by atoms with Gasteiger partial charge in [-0.25, -0.2) is 4.67 Å². The molecule has 1 N–H and O–H groups in total. The van der Waals surface area contributed by atoms with Crippen molar-refractivity contribution in [1.82, 2.24) is 4.67 Å². The smallest absolute Gasteiger partial charge is 0.259 e. The first-order valence-corrected chi connectivity index (χ1v) is 9.17. The third kappa shape index (κ3) is 9.91. The molecule has 0 amide bonds. The van der Waals surface area contributed by atoms with Crippen LogP contribution in [0.25, 0.3) is 0 Å². The summed E-state index contributed by atoms with van der Waals surface area (Å²) in [6.45, 7) is 15.2. The highest BCUT2D eigenvalue weighted by atomic mass is 31.2. The Kier molecular flexibility index (Phi) is 13.3. The third-order valence-corrected chi connectivity index (χ3v) is 5.25. The maximum Gasteiger partial charge on any atom is 0.259 e. The average molecular weight is 338 g/mol. The molecule has 0 aliphatic carbocycles. The Morgan fingerprint density at radius 3 is 2.45 bits per heavy atom. The van der Waals surface area contributed by atoms with Crippen LogP contribution < -0.4 is 0 Å². The number of hydrogen-bond acceptors (Lipinski definition) is 4. The van der Waals surface area contributed by atoms with Crippen LogP contribution >= 0.6 is 8.53 Å². The van der Waals surface area contributed by atoms with Gasteiger partial charge in [0, 0.05) is 13.5 Å². The monoisotopic (exact) mass is 338 g/mol. The molecule has 134 valence electrons. The van der Waals surface area contributed by atoms with Crippen LogP contribution in [0.3, 0.4) is 0 Å². The Morgan fingerprint density at radius 2 is 2.00 bits per heavy atom. The molecular weight excluding hydrogens is 297 g/mol. The lowest BCUT2D eigenvalue weighted by molar-refractivity contribution is 0.0807. The summed E-state index contributed by atoms with van der Waals surface area (Å²) in [7, 11) is 0.0681. The molecule has 0 aromatic carbocycles. The van der Waals surface area contributed by atoms with E-state index in [-0.39, 0.29) is 12.7 Å². The lowest BCUT2D eigenvalue weighted by atomic mass is 10.1. The zero-order valence-electron chi connectivity index (χ0n) is 17.4. The summed E-state index contributed by atoms with van der Waals surface area (Å²) in [5.41, 5.74) is 0. The van der Waals surface area contributed by atoms with E-state index in [4.69, 9.17) is 11.8 Å². The van der Waals surface area contributed by atoms with Gasteiger partial charge in [-0.3, -0.25) is 0 Å². The van der Waals surface area contributed by atoms with Crippen molar-refractivity contribution < 1.29 is 15.5 Å². The highest BCUT2D eigenvalue weighted by Crippen LogP contribution is 2.47. The average Bonchev–Trinajstić information content (AvgIpc) is 2.54. The molecule has 0 aliphatic heterocycles. The molecule has 0 aromatic rings. The van der Waals surface area contributed by atoms with Crippen LogP contribution in [0.2, 0.25) is 0 Å². The molecule has 0 aliphatic rings. The molecule has 0 bridgehead atoms. The number of nitrogens with zero attached hydrogens (tertiary/aromatic N) is 1. The summed E-state index contributed by atoms with van der Waals surface area (Å²) in [4.78, 5) is 0. The molecule has 4 nitrogen and oxygen atoms in total. The van der Waals surface area contributed by atoms with Crippen molar-refractivity contribution in [3.63, 3.8) is 0 Å². The fourth-order valence-corrected chi connectivity index (χ4v) is 3.87. The minimum absolute atomic E-state index is 0.0972. The fourth-order valence-electron chi connectivity index (χ4n) is 2.16. The molecule has 22 heavy (non-hydrogen) atoms. The van der Waals surface area contributed by atoms with Crippen LogP contribution in [-0.2, 0) is 9.05 Å². The van der Waals surface area contributed by atoms with E-state index in [1.165, 1.54) is 20.2 Å².